The Morgan fingerprint density at radius 1 is 1.19 bits per heavy atom. The molecule has 116 valence electrons. The average molecular weight is 288 g/mol. The van der Waals surface area contributed by atoms with Gasteiger partial charge in [-0.15, -0.1) is 0 Å². The van der Waals surface area contributed by atoms with Crippen molar-refractivity contribution in [3.8, 4) is 0 Å². The zero-order valence-electron chi connectivity index (χ0n) is 13.3. The molecule has 1 aromatic heterocycles. The zero-order chi connectivity index (χ0) is 14.7. The minimum atomic E-state index is 0.587. The Kier molecular flexibility index (Phi) is 4.76. The van der Waals surface area contributed by atoms with Gasteiger partial charge in [-0.1, -0.05) is 0 Å². The van der Waals surface area contributed by atoms with Crippen molar-refractivity contribution in [1.29, 1.82) is 0 Å². The number of anilines is 1. The summed E-state index contributed by atoms with van der Waals surface area (Å²) in [6.07, 6.45) is 7.59. The maximum absolute atomic E-state index is 5.96. The number of pyridine rings is 1. The molecule has 2 aliphatic rings. The van der Waals surface area contributed by atoms with Crippen LogP contribution in [0.5, 0.6) is 0 Å². The van der Waals surface area contributed by atoms with Crippen LogP contribution < -0.4 is 10.6 Å². The molecule has 0 bridgehead atoms. The quantitative estimate of drug-likeness (QED) is 0.899. The number of aromatic nitrogens is 1. The number of likely N-dealkylation sites (N-methyl/N-ethyl adjacent to an activating group) is 1. The number of nitrogens with two attached hydrogens (primary N) is 1. The van der Waals surface area contributed by atoms with E-state index in [1.54, 1.807) is 0 Å². The van der Waals surface area contributed by atoms with Gasteiger partial charge in [0, 0.05) is 37.9 Å². The first-order valence-electron chi connectivity index (χ1n) is 8.43. The first kappa shape index (κ1) is 14.8. The van der Waals surface area contributed by atoms with E-state index in [9.17, 15) is 0 Å². The molecule has 1 fully saturated rings. The number of hydrogen-bond donors (Lipinski definition) is 1. The molecule has 0 radical (unpaired) electrons. The second kappa shape index (κ2) is 6.75. The van der Waals surface area contributed by atoms with Crippen molar-refractivity contribution in [3.63, 3.8) is 0 Å². The summed E-state index contributed by atoms with van der Waals surface area (Å²) in [6, 6.07) is 2.31. The Bertz CT molecular complexity index is 480. The molecule has 1 aliphatic heterocycles. The summed E-state index contributed by atoms with van der Waals surface area (Å²) in [5.41, 5.74) is 9.91. The lowest BCUT2D eigenvalue weighted by Gasteiger charge is -2.26. The molecule has 1 aromatic rings. The summed E-state index contributed by atoms with van der Waals surface area (Å²) < 4.78 is 0. The van der Waals surface area contributed by atoms with Gasteiger partial charge in [-0.25, -0.2) is 4.98 Å². The highest BCUT2D eigenvalue weighted by molar-refractivity contribution is 5.50. The van der Waals surface area contributed by atoms with Crippen LogP contribution >= 0.6 is 0 Å². The van der Waals surface area contributed by atoms with E-state index < -0.39 is 0 Å². The van der Waals surface area contributed by atoms with Gasteiger partial charge >= 0.3 is 0 Å². The maximum Gasteiger partial charge on any atom is 0.133 e. The molecule has 1 aliphatic carbocycles. The minimum Gasteiger partial charge on any atom is -0.358 e. The standard InChI is InChI=1S/C17H28N4/c1-20(10-11-21-8-4-5-9-21)17-15(13-18)12-14-6-2-3-7-16(14)19-17/h12H,2-11,13,18H2,1H3. The maximum atomic E-state index is 5.96. The van der Waals surface area contributed by atoms with Gasteiger partial charge in [0.1, 0.15) is 5.82 Å². The number of fused-ring (bicyclic) bond motifs is 1. The molecule has 21 heavy (non-hydrogen) atoms. The van der Waals surface area contributed by atoms with Gasteiger partial charge in [0.2, 0.25) is 0 Å². The van der Waals surface area contributed by atoms with E-state index in [2.05, 4.69) is 22.9 Å². The van der Waals surface area contributed by atoms with Crippen molar-refractivity contribution >= 4 is 5.82 Å². The van der Waals surface area contributed by atoms with Crippen molar-refractivity contribution in [3.05, 3.63) is 22.9 Å². The van der Waals surface area contributed by atoms with Gasteiger partial charge in [-0.05, 0) is 63.2 Å². The van der Waals surface area contributed by atoms with Crippen LogP contribution in [-0.4, -0.2) is 43.1 Å². The van der Waals surface area contributed by atoms with Crippen LogP contribution in [0, 0.1) is 0 Å². The largest absolute Gasteiger partial charge is 0.358 e. The zero-order valence-corrected chi connectivity index (χ0v) is 13.3. The molecule has 0 atom stereocenters. The van der Waals surface area contributed by atoms with E-state index in [1.165, 1.54) is 62.0 Å². The van der Waals surface area contributed by atoms with Crippen LogP contribution in [0.1, 0.15) is 42.5 Å². The monoisotopic (exact) mass is 288 g/mol. The molecular formula is C17H28N4. The molecule has 0 spiro atoms. The number of aryl methyl sites for hydroxylation is 2. The number of hydrogen-bond acceptors (Lipinski definition) is 4. The normalized spacial score (nSPS) is 18.8. The molecule has 0 unspecified atom stereocenters. The Labute approximate surface area is 128 Å². The predicted octanol–water partition coefficient (Wildman–Crippen LogP) is 1.95. The van der Waals surface area contributed by atoms with Crippen molar-refractivity contribution < 1.29 is 0 Å². The summed E-state index contributed by atoms with van der Waals surface area (Å²) in [7, 11) is 2.16. The number of likely N-dealkylation sites (tertiary alicyclic amines) is 1. The molecule has 4 nitrogen and oxygen atoms in total. The summed E-state index contributed by atoms with van der Waals surface area (Å²) in [5.74, 6) is 1.11. The SMILES string of the molecule is CN(CCN1CCCC1)c1nc2c(cc1CN)CCCC2. The summed E-state index contributed by atoms with van der Waals surface area (Å²) in [4.78, 5) is 9.81. The topological polar surface area (TPSA) is 45.4 Å². The van der Waals surface area contributed by atoms with Gasteiger partial charge in [0.25, 0.3) is 0 Å². The van der Waals surface area contributed by atoms with E-state index in [0.29, 0.717) is 6.54 Å². The van der Waals surface area contributed by atoms with Gasteiger partial charge < -0.3 is 15.5 Å². The first-order valence-corrected chi connectivity index (χ1v) is 8.43. The highest BCUT2D eigenvalue weighted by Gasteiger charge is 2.18. The Morgan fingerprint density at radius 3 is 2.71 bits per heavy atom. The Hall–Kier alpha value is -1.13. The van der Waals surface area contributed by atoms with Crippen molar-refractivity contribution in [2.45, 2.75) is 45.1 Å². The fourth-order valence-corrected chi connectivity index (χ4v) is 3.55. The second-order valence-corrected chi connectivity index (χ2v) is 6.46. The second-order valence-electron chi connectivity index (χ2n) is 6.46. The lowest BCUT2D eigenvalue weighted by atomic mass is 9.94. The summed E-state index contributed by atoms with van der Waals surface area (Å²) >= 11 is 0. The number of nitrogens with zero attached hydrogens (tertiary/aromatic N) is 3. The van der Waals surface area contributed by atoms with Crippen LogP contribution in [0.25, 0.3) is 0 Å². The first-order chi connectivity index (χ1) is 10.3. The van der Waals surface area contributed by atoms with Crippen LogP contribution in [0.2, 0.25) is 0 Å². The summed E-state index contributed by atoms with van der Waals surface area (Å²) in [6.45, 7) is 5.28. The Morgan fingerprint density at radius 2 is 1.95 bits per heavy atom. The minimum absolute atomic E-state index is 0.587. The van der Waals surface area contributed by atoms with Gasteiger partial charge in [0.15, 0.2) is 0 Å². The molecule has 4 heteroatoms. The molecule has 3 rings (SSSR count). The lowest BCUT2D eigenvalue weighted by Crippen LogP contribution is -2.32. The number of rotatable bonds is 5. The van der Waals surface area contributed by atoms with Crippen molar-refractivity contribution in [2.24, 2.45) is 5.73 Å². The third-order valence-electron chi connectivity index (χ3n) is 4.89. The fourth-order valence-electron chi connectivity index (χ4n) is 3.55. The Balaban J connectivity index is 1.72. The third-order valence-corrected chi connectivity index (χ3v) is 4.89. The van der Waals surface area contributed by atoms with Gasteiger partial charge in [0.05, 0.1) is 0 Å². The van der Waals surface area contributed by atoms with E-state index >= 15 is 0 Å². The fraction of sp³-hybridized carbons (Fsp3) is 0.706. The average Bonchev–Trinajstić information content (AvgIpc) is 3.04. The molecule has 0 saturated carbocycles. The van der Waals surface area contributed by atoms with Gasteiger partial charge in [-0.2, -0.15) is 0 Å². The van der Waals surface area contributed by atoms with Crippen LogP contribution in [0.3, 0.4) is 0 Å². The van der Waals surface area contributed by atoms with Crippen LogP contribution in [0.15, 0.2) is 6.07 Å². The smallest absolute Gasteiger partial charge is 0.133 e. The molecular weight excluding hydrogens is 260 g/mol. The molecule has 1 saturated heterocycles. The van der Waals surface area contributed by atoms with Crippen LogP contribution in [-0.2, 0) is 19.4 Å². The highest BCUT2D eigenvalue weighted by atomic mass is 15.2. The van der Waals surface area contributed by atoms with Crippen molar-refractivity contribution in [2.75, 3.05) is 38.1 Å². The summed E-state index contributed by atoms with van der Waals surface area (Å²) in [5, 5.41) is 0. The van der Waals surface area contributed by atoms with E-state index in [0.717, 1.165) is 25.3 Å². The van der Waals surface area contributed by atoms with Gasteiger partial charge in [-0.3, -0.25) is 0 Å². The van der Waals surface area contributed by atoms with E-state index in [-0.39, 0.29) is 0 Å². The van der Waals surface area contributed by atoms with Crippen LogP contribution in [0.4, 0.5) is 5.82 Å². The highest BCUT2D eigenvalue weighted by Crippen LogP contribution is 2.26. The molecule has 2 heterocycles. The van der Waals surface area contributed by atoms with Crippen molar-refractivity contribution in [1.82, 2.24) is 9.88 Å². The predicted molar refractivity (Wildman–Crippen MR) is 87.7 cm³/mol. The van der Waals surface area contributed by atoms with E-state index in [1.807, 2.05) is 0 Å². The molecule has 2 N–H and O–H groups in total. The lowest BCUT2D eigenvalue weighted by molar-refractivity contribution is 0.346. The molecule has 0 amide bonds. The molecule has 0 aromatic carbocycles. The third kappa shape index (κ3) is 3.38. The van der Waals surface area contributed by atoms with E-state index in [4.69, 9.17) is 10.7 Å².